The van der Waals surface area contributed by atoms with E-state index < -0.39 is 4.32 Å². The van der Waals surface area contributed by atoms with Gasteiger partial charge in [0.2, 0.25) is 5.91 Å². The largest absolute Gasteiger partial charge is 0.341 e. The van der Waals surface area contributed by atoms with Crippen LogP contribution in [0.2, 0.25) is 0 Å². The lowest BCUT2D eigenvalue weighted by molar-refractivity contribution is -0.131. The van der Waals surface area contributed by atoms with Crippen LogP contribution in [0.3, 0.4) is 0 Å². The first kappa shape index (κ1) is 12.0. The van der Waals surface area contributed by atoms with E-state index in [-0.39, 0.29) is 5.91 Å². The van der Waals surface area contributed by atoms with Gasteiger partial charge in [-0.25, -0.2) is 0 Å². The van der Waals surface area contributed by atoms with Gasteiger partial charge in [-0.15, -0.1) is 0 Å². The van der Waals surface area contributed by atoms with E-state index in [0.717, 1.165) is 19.0 Å². The molecule has 0 spiro atoms. The van der Waals surface area contributed by atoms with E-state index in [0.29, 0.717) is 0 Å². The molecule has 1 unspecified atom stereocenters. The third-order valence-corrected chi connectivity index (χ3v) is 3.12. The van der Waals surface area contributed by atoms with Crippen LogP contribution >= 0.6 is 15.9 Å². The van der Waals surface area contributed by atoms with Crippen molar-refractivity contribution >= 4 is 21.8 Å². The molecule has 1 rings (SSSR count). The SMILES string of the molecule is CCCC1CCN(C(=O)C(C)(C)Br)C1. The van der Waals surface area contributed by atoms with Crippen molar-refractivity contribution in [2.75, 3.05) is 13.1 Å². The lowest BCUT2D eigenvalue weighted by atomic mass is 10.0. The molecule has 1 aliphatic rings. The third kappa shape index (κ3) is 2.97. The number of likely N-dealkylation sites (tertiary alicyclic amines) is 1. The average molecular weight is 262 g/mol. The molecular weight excluding hydrogens is 242 g/mol. The molecule has 1 amide bonds. The Bertz CT molecular complexity index is 210. The molecule has 0 aromatic carbocycles. The molecular formula is C11H20BrNO. The molecule has 0 aliphatic carbocycles. The minimum Gasteiger partial charge on any atom is -0.341 e. The first-order chi connectivity index (χ1) is 6.45. The van der Waals surface area contributed by atoms with Gasteiger partial charge in [0.15, 0.2) is 0 Å². The maximum Gasteiger partial charge on any atom is 0.238 e. The van der Waals surface area contributed by atoms with E-state index in [1.807, 2.05) is 18.7 Å². The number of carbonyl (C=O) groups excluding carboxylic acids is 1. The van der Waals surface area contributed by atoms with Crippen molar-refractivity contribution in [1.29, 1.82) is 0 Å². The molecule has 1 saturated heterocycles. The van der Waals surface area contributed by atoms with Crippen LogP contribution in [0.4, 0.5) is 0 Å². The Balaban J connectivity index is 2.46. The Labute approximate surface area is 95.2 Å². The number of carbonyl (C=O) groups is 1. The van der Waals surface area contributed by atoms with Gasteiger partial charge in [0.25, 0.3) is 0 Å². The normalized spacial score (nSPS) is 22.9. The summed E-state index contributed by atoms with van der Waals surface area (Å²) in [4.78, 5) is 13.9. The fourth-order valence-electron chi connectivity index (χ4n) is 2.04. The van der Waals surface area contributed by atoms with Crippen LogP contribution in [-0.4, -0.2) is 28.2 Å². The van der Waals surface area contributed by atoms with Gasteiger partial charge in [0, 0.05) is 13.1 Å². The van der Waals surface area contributed by atoms with E-state index in [1.54, 1.807) is 0 Å². The number of nitrogens with zero attached hydrogens (tertiary/aromatic N) is 1. The second-order valence-corrected chi connectivity index (χ2v) is 6.65. The quantitative estimate of drug-likeness (QED) is 0.716. The van der Waals surface area contributed by atoms with Gasteiger partial charge in [-0.05, 0) is 32.6 Å². The van der Waals surface area contributed by atoms with Crippen LogP contribution in [0.1, 0.15) is 40.0 Å². The Morgan fingerprint density at radius 2 is 2.21 bits per heavy atom. The third-order valence-electron chi connectivity index (χ3n) is 2.78. The molecule has 3 heteroatoms. The maximum absolute atomic E-state index is 11.9. The van der Waals surface area contributed by atoms with Crippen molar-refractivity contribution in [3.8, 4) is 0 Å². The molecule has 2 nitrogen and oxygen atoms in total. The van der Waals surface area contributed by atoms with Gasteiger partial charge >= 0.3 is 0 Å². The Hall–Kier alpha value is -0.0500. The predicted molar refractivity (Wildman–Crippen MR) is 62.6 cm³/mol. The Morgan fingerprint density at radius 3 is 2.71 bits per heavy atom. The average Bonchev–Trinajstić information content (AvgIpc) is 2.50. The molecule has 1 aliphatic heterocycles. The van der Waals surface area contributed by atoms with E-state index in [9.17, 15) is 4.79 Å². The van der Waals surface area contributed by atoms with Crippen molar-refractivity contribution in [3.63, 3.8) is 0 Å². The minimum atomic E-state index is -0.395. The van der Waals surface area contributed by atoms with Gasteiger partial charge in [-0.1, -0.05) is 29.3 Å². The molecule has 82 valence electrons. The van der Waals surface area contributed by atoms with Crippen molar-refractivity contribution in [1.82, 2.24) is 4.90 Å². The summed E-state index contributed by atoms with van der Waals surface area (Å²) in [6.07, 6.45) is 3.67. The van der Waals surface area contributed by atoms with Crippen molar-refractivity contribution in [2.45, 2.75) is 44.4 Å². The standard InChI is InChI=1S/C11H20BrNO/c1-4-5-9-6-7-13(8-9)10(14)11(2,3)12/h9H,4-8H2,1-3H3. The molecule has 0 aromatic rings. The molecule has 1 heterocycles. The molecule has 1 fully saturated rings. The smallest absolute Gasteiger partial charge is 0.238 e. The summed E-state index contributed by atoms with van der Waals surface area (Å²) in [7, 11) is 0. The van der Waals surface area contributed by atoms with Gasteiger partial charge in [0.05, 0.1) is 4.32 Å². The summed E-state index contributed by atoms with van der Waals surface area (Å²) < 4.78 is -0.395. The molecule has 0 saturated carbocycles. The predicted octanol–water partition coefficient (Wildman–Crippen LogP) is 2.81. The van der Waals surface area contributed by atoms with E-state index in [2.05, 4.69) is 22.9 Å². The zero-order chi connectivity index (χ0) is 10.8. The summed E-state index contributed by atoms with van der Waals surface area (Å²) in [6.45, 7) is 7.95. The summed E-state index contributed by atoms with van der Waals surface area (Å²) in [5.41, 5.74) is 0. The fourth-order valence-corrected chi connectivity index (χ4v) is 2.29. The minimum absolute atomic E-state index is 0.233. The highest BCUT2D eigenvalue weighted by Crippen LogP contribution is 2.26. The number of amides is 1. The number of alkyl halides is 1. The highest BCUT2D eigenvalue weighted by Gasteiger charge is 2.33. The van der Waals surface area contributed by atoms with Crippen LogP contribution in [0.25, 0.3) is 0 Å². The van der Waals surface area contributed by atoms with Gasteiger partial charge in [-0.2, -0.15) is 0 Å². The molecule has 0 N–H and O–H groups in total. The molecule has 0 radical (unpaired) electrons. The van der Waals surface area contributed by atoms with Crippen molar-refractivity contribution in [2.24, 2.45) is 5.92 Å². The second-order valence-electron chi connectivity index (χ2n) is 4.67. The molecule has 0 aromatic heterocycles. The van der Waals surface area contributed by atoms with Crippen LogP contribution in [0.5, 0.6) is 0 Å². The van der Waals surface area contributed by atoms with Crippen LogP contribution in [0.15, 0.2) is 0 Å². The summed E-state index contributed by atoms with van der Waals surface area (Å²) >= 11 is 3.42. The maximum atomic E-state index is 11.9. The Morgan fingerprint density at radius 1 is 1.57 bits per heavy atom. The molecule has 1 atom stereocenters. The van der Waals surface area contributed by atoms with Gasteiger partial charge in [0.1, 0.15) is 0 Å². The topological polar surface area (TPSA) is 20.3 Å². The fraction of sp³-hybridized carbons (Fsp3) is 0.909. The van der Waals surface area contributed by atoms with E-state index in [4.69, 9.17) is 0 Å². The number of hydrogen-bond donors (Lipinski definition) is 0. The first-order valence-corrected chi connectivity index (χ1v) is 6.22. The highest BCUT2D eigenvalue weighted by molar-refractivity contribution is 9.10. The number of rotatable bonds is 3. The highest BCUT2D eigenvalue weighted by atomic mass is 79.9. The molecule has 14 heavy (non-hydrogen) atoms. The van der Waals surface area contributed by atoms with Crippen molar-refractivity contribution < 1.29 is 4.79 Å². The molecule has 0 bridgehead atoms. The van der Waals surface area contributed by atoms with E-state index in [1.165, 1.54) is 19.3 Å². The van der Waals surface area contributed by atoms with E-state index >= 15 is 0 Å². The number of hydrogen-bond acceptors (Lipinski definition) is 1. The zero-order valence-corrected chi connectivity index (χ0v) is 10.9. The van der Waals surface area contributed by atoms with Crippen molar-refractivity contribution in [3.05, 3.63) is 0 Å². The second kappa shape index (κ2) is 4.65. The lowest BCUT2D eigenvalue weighted by Gasteiger charge is -2.24. The summed E-state index contributed by atoms with van der Waals surface area (Å²) in [5, 5.41) is 0. The summed E-state index contributed by atoms with van der Waals surface area (Å²) in [5.74, 6) is 0.968. The van der Waals surface area contributed by atoms with Gasteiger partial charge in [-0.3, -0.25) is 4.79 Å². The Kier molecular flexibility index (Phi) is 3.99. The van der Waals surface area contributed by atoms with Crippen LogP contribution in [-0.2, 0) is 4.79 Å². The monoisotopic (exact) mass is 261 g/mol. The first-order valence-electron chi connectivity index (χ1n) is 5.43. The van der Waals surface area contributed by atoms with Gasteiger partial charge < -0.3 is 4.90 Å². The number of halogens is 1. The zero-order valence-electron chi connectivity index (χ0n) is 9.35. The van der Waals surface area contributed by atoms with Crippen LogP contribution < -0.4 is 0 Å². The van der Waals surface area contributed by atoms with Crippen LogP contribution in [0, 0.1) is 5.92 Å². The lowest BCUT2D eigenvalue weighted by Crippen LogP contribution is -2.40. The summed E-state index contributed by atoms with van der Waals surface area (Å²) in [6, 6.07) is 0.